The van der Waals surface area contributed by atoms with E-state index in [0.29, 0.717) is 13.2 Å². The molecule has 1 aromatic carbocycles. The zero-order chi connectivity index (χ0) is 17.2. The van der Waals surface area contributed by atoms with Crippen molar-refractivity contribution >= 4 is 5.97 Å². The van der Waals surface area contributed by atoms with Crippen LogP contribution in [0.3, 0.4) is 0 Å². The van der Waals surface area contributed by atoms with Crippen LogP contribution in [-0.2, 0) is 9.53 Å². The summed E-state index contributed by atoms with van der Waals surface area (Å²) >= 11 is 0. The number of rotatable bonds is 6. The number of ether oxygens (including phenoxy) is 3. The van der Waals surface area contributed by atoms with E-state index in [-0.39, 0.29) is 30.0 Å². The van der Waals surface area contributed by atoms with Gasteiger partial charge >= 0.3 is 5.97 Å². The van der Waals surface area contributed by atoms with Gasteiger partial charge in [0, 0.05) is 19.0 Å². The van der Waals surface area contributed by atoms with Crippen molar-refractivity contribution in [1.29, 1.82) is 0 Å². The molecular formula is C19H27NO4. The summed E-state index contributed by atoms with van der Waals surface area (Å²) in [5, 5.41) is 3.32. The van der Waals surface area contributed by atoms with Crippen molar-refractivity contribution in [1.82, 2.24) is 5.32 Å². The fraction of sp³-hybridized carbons (Fsp3) is 0.632. The van der Waals surface area contributed by atoms with Crippen molar-refractivity contribution in [3.05, 3.63) is 23.8 Å². The van der Waals surface area contributed by atoms with Gasteiger partial charge in [0.25, 0.3) is 0 Å². The minimum atomic E-state index is -0.150. The molecule has 0 spiro atoms. The van der Waals surface area contributed by atoms with Crippen molar-refractivity contribution in [2.24, 2.45) is 11.3 Å². The van der Waals surface area contributed by atoms with Gasteiger partial charge in [-0.05, 0) is 29.5 Å². The Morgan fingerprint density at radius 2 is 2.08 bits per heavy atom. The summed E-state index contributed by atoms with van der Waals surface area (Å²) in [6, 6.07) is 5.93. The molecule has 2 heterocycles. The van der Waals surface area contributed by atoms with Crippen LogP contribution in [0.15, 0.2) is 18.2 Å². The van der Waals surface area contributed by atoms with E-state index < -0.39 is 0 Å². The van der Waals surface area contributed by atoms with Gasteiger partial charge < -0.3 is 19.5 Å². The summed E-state index contributed by atoms with van der Waals surface area (Å²) in [4.78, 5) is 12.6. The Labute approximate surface area is 143 Å². The summed E-state index contributed by atoms with van der Waals surface area (Å²) in [5.41, 5.74) is 1.13. The fourth-order valence-electron chi connectivity index (χ4n) is 3.54. The number of carbonyl (C=O) groups excluding carboxylic acids is 1. The molecule has 2 aliphatic heterocycles. The molecule has 0 radical (unpaired) electrons. The second-order valence-electron chi connectivity index (χ2n) is 7.51. The van der Waals surface area contributed by atoms with Crippen LogP contribution in [0, 0.1) is 11.3 Å². The zero-order valence-corrected chi connectivity index (χ0v) is 14.8. The van der Waals surface area contributed by atoms with Gasteiger partial charge in [0.15, 0.2) is 11.5 Å². The number of carbonyl (C=O) groups is 1. The Morgan fingerprint density at radius 1 is 1.29 bits per heavy atom. The quantitative estimate of drug-likeness (QED) is 0.811. The van der Waals surface area contributed by atoms with Gasteiger partial charge in [-0.15, -0.1) is 0 Å². The molecule has 2 atom stereocenters. The van der Waals surface area contributed by atoms with Crippen molar-refractivity contribution in [3.63, 3.8) is 0 Å². The van der Waals surface area contributed by atoms with E-state index in [4.69, 9.17) is 14.2 Å². The van der Waals surface area contributed by atoms with E-state index in [0.717, 1.165) is 36.4 Å². The predicted molar refractivity (Wildman–Crippen MR) is 91.3 cm³/mol. The molecule has 0 amide bonds. The first-order valence-corrected chi connectivity index (χ1v) is 8.77. The number of hydrogen-bond acceptors (Lipinski definition) is 5. The molecule has 5 nitrogen and oxygen atoms in total. The Balaban J connectivity index is 1.66. The first kappa shape index (κ1) is 17.1. The summed E-state index contributed by atoms with van der Waals surface area (Å²) in [5.74, 6) is 1.39. The van der Waals surface area contributed by atoms with Crippen molar-refractivity contribution in [2.45, 2.75) is 39.5 Å². The third kappa shape index (κ3) is 3.66. The van der Waals surface area contributed by atoms with Gasteiger partial charge in [-0.25, -0.2) is 0 Å². The third-order valence-corrected chi connectivity index (χ3v) is 4.87. The second-order valence-corrected chi connectivity index (χ2v) is 7.51. The van der Waals surface area contributed by atoms with Crippen LogP contribution in [0.2, 0.25) is 0 Å². The average molecular weight is 333 g/mol. The third-order valence-electron chi connectivity index (χ3n) is 4.87. The molecule has 1 fully saturated rings. The van der Waals surface area contributed by atoms with Crippen LogP contribution < -0.4 is 14.8 Å². The van der Waals surface area contributed by atoms with Crippen molar-refractivity contribution < 1.29 is 19.0 Å². The normalized spacial score (nSPS) is 22.6. The maximum Gasteiger partial charge on any atom is 0.310 e. The highest BCUT2D eigenvalue weighted by atomic mass is 16.7. The molecule has 0 bridgehead atoms. The monoisotopic (exact) mass is 333 g/mol. The Hall–Kier alpha value is -1.75. The van der Waals surface area contributed by atoms with Crippen molar-refractivity contribution in [3.8, 4) is 11.5 Å². The second kappa shape index (κ2) is 7.01. The molecule has 1 saturated heterocycles. The predicted octanol–water partition coefficient (Wildman–Crippen LogP) is 3.09. The Morgan fingerprint density at radius 3 is 2.88 bits per heavy atom. The minimum absolute atomic E-state index is 0.0324. The first-order chi connectivity index (χ1) is 11.5. The maximum absolute atomic E-state index is 12.6. The fourth-order valence-corrected chi connectivity index (χ4v) is 3.54. The standard InChI is InChI=1S/C19H27NO4/c1-4-7-19(2,3)11-22-18(21)15-10-20-9-14(15)13-5-6-16-17(8-13)24-12-23-16/h5-6,8,14-15,20H,4,7,9-12H2,1-3H3. The van der Waals surface area contributed by atoms with Crippen LogP contribution in [0.25, 0.3) is 0 Å². The van der Waals surface area contributed by atoms with Crippen LogP contribution in [0.4, 0.5) is 0 Å². The van der Waals surface area contributed by atoms with Crippen LogP contribution in [0.5, 0.6) is 11.5 Å². The lowest BCUT2D eigenvalue weighted by atomic mass is 9.88. The molecule has 1 N–H and O–H groups in total. The molecule has 2 aliphatic rings. The number of nitrogens with one attached hydrogen (secondary N) is 1. The molecule has 2 unspecified atom stereocenters. The highest BCUT2D eigenvalue weighted by Crippen LogP contribution is 2.38. The lowest BCUT2D eigenvalue weighted by molar-refractivity contribution is -0.151. The van der Waals surface area contributed by atoms with Gasteiger partial charge in [0.2, 0.25) is 6.79 Å². The number of hydrogen-bond donors (Lipinski definition) is 1. The molecule has 132 valence electrons. The topological polar surface area (TPSA) is 56.8 Å². The molecular weight excluding hydrogens is 306 g/mol. The lowest BCUT2D eigenvalue weighted by Crippen LogP contribution is -2.28. The molecule has 1 aromatic rings. The van der Waals surface area contributed by atoms with Gasteiger partial charge in [0.1, 0.15) is 0 Å². The largest absolute Gasteiger partial charge is 0.465 e. The SMILES string of the molecule is CCCC(C)(C)COC(=O)C1CNCC1c1ccc2c(c1)OCO2. The van der Waals surface area contributed by atoms with E-state index in [2.05, 4.69) is 26.1 Å². The Kier molecular flexibility index (Phi) is 4.99. The highest BCUT2D eigenvalue weighted by Gasteiger charge is 2.36. The highest BCUT2D eigenvalue weighted by molar-refractivity contribution is 5.74. The smallest absolute Gasteiger partial charge is 0.310 e. The Bertz CT molecular complexity index is 599. The molecule has 24 heavy (non-hydrogen) atoms. The molecule has 0 saturated carbocycles. The first-order valence-electron chi connectivity index (χ1n) is 8.77. The van der Waals surface area contributed by atoms with E-state index in [1.54, 1.807) is 0 Å². The summed E-state index contributed by atoms with van der Waals surface area (Å²) in [6.45, 7) is 8.62. The molecule has 3 rings (SSSR count). The molecule has 0 aromatic heterocycles. The van der Waals surface area contributed by atoms with Gasteiger partial charge in [0.05, 0.1) is 12.5 Å². The zero-order valence-electron chi connectivity index (χ0n) is 14.8. The van der Waals surface area contributed by atoms with E-state index in [1.807, 2.05) is 18.2 Å². The van der Waals surface area contributed by atoms with E-state index in [9.17, 15) is 4.79 Å². The van der Waals surface area contributed by atoms with Crippen molar-refractivity contribution in [2.75, 3.05) is 26.5 Å². The van der Waals surface area contributed by atoms with E-state index >= 15 is 0 Å². The number of esters is 1. The summed E-state index contributed by atoms with van der Waals surface area (Å²) in [6.07, 6.45) is 2.14. The van der Waals surface area contributed by atoms with Crippen LogP contribution in [-0.4, -0.2) is 32.5 Å². The van der Waals surface area contributed by atoms with Gasteiger partial charge in [-0.1, -0.05) is 33.3 Å². The average Bonchev–Trinajstić information content (AvgIpc) is 3.20. The molecule has 5 heteroatoms. The van der Waals surface area contributed by atoms with Crippen LogP contribution in [0.1, 0.15) is 45.1 Å². The van der Waals surface area contributed by atoms with Crippen LogP contribution >= 0.6 is 0 Å². The molecule has 0 aliphatic carbocycles. The summed E-state index contributed by atoms with van der Waals surface area (Å²) in [7, 11) is 0. The number of fused-ring (bicyclic) bond motifs is 1. The minimum Gasteiger partial charge on any atom is -0.465 e. The lowest BCUT2D eigenvalue weighted by Gasteiger charge is -2.25. The number of benzene rings is 1. The van der Waals surface area contributed by atoms with E-state index in [1.165, 1.54) is 0 Å². The van der Waals surface area contributed by atoms with Gasteiger partial charge in [-0.2, -0.15) is 0 Å². The van der Waals surface area contributed by atoms with Gasteiger partial charge in [-0.3, -0.25) is 4.79 Å². The maximum atomic E-state index is 12.6. The summed E-state index contributed by atoms with van der Waals surface area (Å²) < 4.78 is 16.5.